The van der Waals surface area contributed by atoms with E-state index in [-0.39, 0.29) is 11.7 Å². The lowest BCUT2D eigenvalue weighted by atomic mass is 10.1. The van der Waals surface area contributed by atoms with Crippen molar-refractivity contribution in [3.8, 4) is 5.75 Å². The number of aryl methyl sites for hydroxylation is 2. The van der Waals surface area contributed by atoms with Gasteiger partial charge in [0, 0.05) is 12.4 Å². The van der Waals surface area contributed by atoms with Gasteiger partial charge in [-0.3, -0.25) is 4.79 Å². The molecule has 4 nitrogen and oxygen atoms in total. The minimum atomic E-state index is -0.133. The van der Waals surface area contributed by atoms with Gasteiger partial charge < -0.3 is 9.30 Å². The molecule has 6 heteroatoms. The van der Waals surface area contributed by atoms with E-state index in [4.69, 9.17) is 16.3 Å². The normalized spacial score (nSPS) is 18.2. The largest absolute Gasteiger partial charge is 0.486 e. The predicted molar refractivity (Wildman–Crippen MR) is 77.8 cm³/mol. The van der Waals surface area contributed by atoms with E-state index < -0.39 is 0 Å². The molecule has 0 amide bonds. The van der Waals surface area contributed by atoms with E-state index in [9.17, 15) is 4.79 Å². The van der Waals surface area contributed by atoms with Crippen LogP contribution in [0, 0.1) is 6.92 Å². The first-order valence-corrected chi connectivity index (χ1v) is 7.03. The van der Waals surface area contributed by atoms with E-state index in [0.29, 0.717) is 26.3 Å². The maximum atomic E-state index is 12.0. The van der Waals surface area contributed by atoms with Gasteiger partial charge in [0.2, 0.25) is 0 Å². The van der Waals surface area contributed by atoms with Crippen LogP contribution in [0.5, 0.6) is 5.75 Å². The maximum absolute atomic E-state index is 12.0. The number of hydrogen-bond donors (Lipinski definition) is 0. The van der Waals surface area contributed by atoms with Gasteiger partial charge in [0.25, 0.3) is 5.56 Å². The SMILES string of the molecule is [CH2][C@H]1CCc2nc(Cl)c3cc(Br)c(=O)n(C)c3c2O1. The molecule has 2 aromatic rings. The van der Waals surface area contributed by atoms with Crippen molar-refractivity contribution in [3.05, 3.63) is 38.7 Å². The summed E-state index contributed by atoms with van der Waals surface area (Å²) in [4.78, 5) is 16.4. The number of aromatic nitrogens is 2. The molecule has 0 fully saturated rings. The highest BCUT2D eigenvalue weighted by atomic mass is 79.9. The first-order valence-electron chi connectivity index (χ1n) is 5.86. The highest BCUT2D eigenvalue weighted by molar-refractivity contribution is 9.10. The number of halogens is 2. The molecule has 1 atom stereocenters. The van der Waals surface area contributed by atoms with E-state index in [0.717, 1.165) is 18.5 Å². The summed E-state index contributed by atoms with van der Waals surface area (Å²) in [7, 11) is 1.70. The van der Waals surface area contributed by atoms with Crippen molar-refractivity contribution in [3.63, 3.8) is 0 Å². The van der Waals surface area contributed by atoms with E-state index in [1.54, 1.807) is 13.1 Å². The van der Waals surface area contributed by atoms with Crippen molar-refractivity contribution in [2.45, 2.75) is 18.9 Å². The molecule has 0 aromatic carbocycles. The van der Waals surface area contributed by atoms with Gasteiger partial charge in [0.15, 0.2) is 5.75 Å². The van der Waals surface area contributed by atoms with Crippen molar-refractivity contribution in [1.82, 2.24) is 9.55 Å². The zero-order valence-corrected chi connectivity index (χ0v) is 12.6. The topological polar surface area (TPSA) is 44.1 Å². The first-order chi connectivity index (χ1) is 8.99. The Morgan fingerprint density at radius 1 is 1.63 bits per heavy atom. The standard InChI is InChI=1S/C13H11BrClN2O2/c1-6-3-4-9-11(19-6)10-7(12(15)16-9)5-8(14)13(18)17(10)2/h5-6H,1,3-4H2,2H3/t6-/m0/s1. The fourth-order valence-corrected chi connectivity index (χ4v) is 3.05. The molecular formula is C13H11BrClN2O2. The van der Waals surface area contributed by atoms with Crippen LogP contribution in [0.25, 0.3) is 10.9 Å². The summed E-state index contributed by atoms with van der Waals surface area (Å²) in [5.41, 5.74) is 1.33. The summed E-state index contributed by atoms with van der Waals surface area (Å²) in [6.07, 6.45) is 1.42. The van der Waals surface area contributed by atoms with Gasteiger partial charge in [-0.1, -0.05) is 11.6 Å². The molecule has 2 aromatic heterocycles. The molecular weight excluding hydrogens is 332 g/mol. The molecule has 1 aliphatic rings. The Morgan fingerprint density at radius 2 is 2.37 bits per heavy atom. The first kappa shape index (κ1) is 12.9. The molecule has 99 valence electrons. The van der Waals surface area contributed by atoms with Crippen molar-refractivity contribution in [1.29, 1.82) is 0 Å². The van der Waals surface area contributed by atoms with Crippen molar-refractivity contribution >= 4 is 38.4 Å². The van der Waals surface area contributed by atoms with Crippen LogP contribution in [0.2, 0.25) is 5.15 Å². The van der Waals surface area contributed by atoms with E-state index in [2.05, 4.69) is 27.8 Å². The predicted octanol–water partition coefficient (Wildman–Crippen LogP) is 2.88. The number of pyridine rings is 2. The molecule has 19 heavy (non-hydrogen) atoms. The van der Waals surface area contributed by atoms with Crippen LogP contribution in [0.15, 0.2) is 15.3 Å². The summed E-state index contributed by atoms with van der Waals surface area (Å²) < 4.78 is 7.75. The van der Waals surface area contributed by atoms with Gasteiger partial charge in [-0.25, -0.2) is 4.98 Å². The average Bonchev–Trinajstić information content (AvgIpc) is 2.37. The second-order valence-electron chi connectivity index (χ2n) is 4.58. The molecule has 0 unspecified atom stereocenters. The molecule has 3 rings (SSSR count). The third kappa shape index (κ3) is 1.96. The van der Waals surface area contributed by atoms with Gasteiger partial charge >= 0.3 is 0 Å². The highest BCUT2D eigenvalue weighted by Gasteiger charge is 2.24. The van der Waals surface area contributed by atoms with Gasteiger partial charge in [-0.2, -0.15) is 0 Å². The molecule has 3 heterocycles. The molecule has 0 N–H and O–H groups in total. The minimum Gasteiger partial charge on any atom is -0.486 e. The summed E-state index contributed by atoms with van der Waals surface area (Å²) in [6.45, 7) is 3.92. The number of rotatable bonds is 0. The maximum Gasteiger partial charge on any atom is 0.265 e. The fraction of sp³-hybridized carbons (Fsp3) is 0.308. The molecule has 0 spiro atoms. The Hall–Kier alpha value is -1.07. The van der Waals surface area contributed by atoms with E-state index in [1.165, 1.54) is 4.57 Å². The fourth-order valence-electron chi connectivity index (χ4n) is 2.31. The Morgan fingerprint density at radius 3 is 3.11 bits per heavy atom. The van der Waals surface area contributed by atoms with Gasteiger partial charge in [-0.05, 0) is 41.8 Å². The molecule has 0 saturated heterocycles. The van der Waals surface area contributed by atoms with Crippen LogP contribution in [0.1, 0.15) is 12.1 Å². The van der Waals surface area contributed by atoms with Crippen LogP contribution in [-0.2, 0) is 13.5 Å². The summed E-state index contributed by atoms with van der Waals surface area (Å²) >= 11 is 9.44. The molecule has 0 aliphatic carbocycles. The van der Waals surface area contributed by atoms with Gasteiger partial charge in [0.05, 0.1) is 21.8 Å². The summed E-state index contributed by atoms with van der Waals surface area (Å²) in [5.74, 6) is 0.623. The van der Waals surface area contributed by atoms with Crippen LogP contribution in [0.3, 0.4) is 0 Å². The second-order valence-corrected chi connectivity index (χ2v) is 5.79. The third-order valence-electron chi connectivity index (χ3n) is 3.29. The lowest BCUT2D eigenvalue weighted by molar-refractivity contribution is 0.216. The zero-order valence-electron chi connectivity index (χ0n) is 10.2. The summed E-state index contributed by atoms with van der Waals surface area (Å²) in [6, 6.07) is 1.68. The Labute approximate surface area is 123 Å². The lowest BCUT2D eigenvalue weighted by Crippen LogP contribution is -2.24. The quantitative estimate of drug-likeness (QED) is 0.692. The lowest BCUT2D eigenvalue weighted by Gasteiger charge is -2.24. The Bertz CT molecular complexity index is 742. The average molecular weight is 343 g/mol. The van der Waals surface area contributed by atoms with Crippen molar-refractivity contribution in [2.75, 3.05) is 0 Å². The Kier molecular flexibility index (Phi) is 3.06. The van der Waals surface area contributed by atoms with Gasteiger partial charge in [0.1, 0.15) is 5.15 Å². The number of hydrogen-bond acceptors (Lipinski definition) is 3. The Balaban J connectivity index is 2.47. The van der Waals surface area contributed by atoms with Crippen LogP contribution in [0.4, 0.5) is 0 Å². The van der Waals surface area contributed by atoms with E-state index in [1.807, 2.05) is 0 Å². The zero-order chi connectivity index (χ0) is 13.7. The second kappa shape index (κ2) is 4.49. The number of nitrogens with zero attached hydrogens (tertiary/aromatic N) is 2. The minimum absolute atomic E-state index is 0.127. The molecule has 0 bridgehead atoms. The monoisotopic (exact) mass is 341 g/mol. The van der Waals surface area contributed by atoms with Crippen LogP contribution >= 0.6 is 27.5 Å². The molecule has 1 radical (unpaired) electrons. The third-order valence-corrected chi connectivity index (χ3v) is 4.15. The van der Waals surface area contributed by atoms with E-state index >= 15 is 0 Å². The van der Waals surface area contributed by atoms with Crippen molar-refractivity contribution in [2.24, 2.45) is 7.05 Å². The van der Waals surface area contributed by atoms with Crippen molar-refractivity contribution < 1.29 is 4.74 Å². The van der Waals surface area contributed by atoms with Gasteiger partial charge in [-0.15, -0.1) is 0 Å². The number of fused-ring (bicyclic) bond motifs is 3. The van der Waals surface area contributed by atoms with Crippen LogP contribution in [-0.4, -0.2) is 15.7 Å². The highest BCUT2D eigenvalue weighted by Crippen LogP contribution is 2.36. The number of ether oxygens (including phenoxy) is 1. The smallest absolute Gasteiger partial charge is 0.265 e. The molecule has 1 aliphatic heterocycles. The molecule has 0 saturated carbocycles. The summed E-state index contributed by atoms with van der Waals surface area (Å²) in [5, 5.41) is 1.08. The van der Waals surface area contributed by atoms with Crippen LogP contribution < -0.4 is 10.3 Å².